The molecule has 6 heteroatoms. The fraction of sp³-hybridized carbons (Fsp3) is 0.176. The zero-order valence-electron chi connectivity index (χ0n) is 12.7. The lowest BCUT2D eigenvalue weighted by Gasteiger charge is -2.06. The van der Waals surface area contributed by atoms with Gasteiger partial charge in [0.05, 0.1) is 13.5 Å². The van der Waals surface area contributed by atoms with Crippen LogP contribution in [-0.2, 0) is 0 Å². The summed E-state index contributed by atoms with van der Waals surface area (Å²) < 4.78 is 5.01. The second-order valence-corrected chi connectivity index (χ2v) is 4.91. The molecule has 0 radical (unpaired) electrons. The van der Waals surface area contributed by atoms with Crippen molar-refractivity contribution in [1.29, 1.82) is 5.26 Å². The first-order valence-electron chi connectivity index (χ1n) is 6.80. The van der Waals surface area contributed by atoms with Crippen molar-refractivity contribution in [3.8, 4) is 11.8 Å². The number of H-pyrrole nitrogens is 1. The first-order valence-corrected chi connectivity index (χ1v) is 6.80. The Kier molecular flexibility index (Phi) is 4.72. The molecule has 1 N–H and O–H groups in total. The Morgan fingerprint density at radius 1 is 1.22 bits per heavy atom. The molecular weight excluding hydrogens is 296 g/mol. The molecule has 0 saturated heterocycles. The third-order valence-electron chi connectivity index (χ3n) is 3.39. The predicted molar refractivity (Wildman–Crippen MR) is 82.8 cm³/mol. The molecule has 116 valence electrons. The molecular formula is C17H14N2O4. The van der Waals surface area contributed by atoms with Gasteiger partial charge in [-0.25, -0.2) is 0 Å². The SMILES string of the molecule is COc1ccc(C(=O)CC(=O)c2cc(C#N)c(=O)[nH]c2C)cc1. The van der Waals surface area contributed by atoms with E-state index in [2.05, 4.69) is 4.98 Å². The van der Waals surface area contributed by atoms with Gasteiger partial charge in [-0.3, -0.25) is 14.4 Å². The molecule has 6 nitrogen and oxygen atoms in total. The third kappa shape index (κ3) is 3.52. The minimum absolute atomic E-state index is 0.157. The van der Waals surface area contributed by atoms with Crippen LogP contribution in [-0.4, -0.2) is 23.7 Å². The molecule has 1 aromatic heterocycles. The maximum Gasteiger partial charge on any atom is 0.266 e. The molecule has 2 aromatic rings. The number of methoxy groups -OCH3 is 1. The smallest absolute Gasteiger partial charge is 0.266 e. The van der Waals surface area contributed by atoms with Gasteiger partial charge < -0.3 is 9.72 Å². The monoisotopic (exact) mass is 310 g/mol. The van der Waals surface area contributed by atoms with Gasteiger partial charge in [0.25, 0.3) is 5.56 Å². The topological polar surface area (TPSA) is 100 Å². The molecule has 23 heavy (non-hydrogen) atoms. The van der Waals surface area contributed by atoms with Crippen LogP contribution in [0.2, 0.25) is 0 Å². The molecule has 0 aliphatic rings. The Morgan fingerprint density at radius 3 is 2.43 bits per heavy atom. The second kappa shape index (κ2) is 6.71. The van der Waals surface area contributed by atoms with Gasteiger partial charge >= 0.3 is 0 Å². The van der Waals surface area contributed by atoms with Crippen LogP contribution in [0.15, 0.2) is 35.1 Å². The van der Waals surface area contributed by atoms with Crippen molar-refractivity contribution in [2.75, 3.05) is 7.11 Å². The van der Waals surface area contributed by atoms with E-state index in [1.54, 1.807) is 37.3 Å². The van der Waals surface area contributed by atoms with E-state index in [9.17, 15) is 14.4 Å². The molecule has 0 aliphatic carbocycles. The number of hydrogen-bond acceptors (Lipinski definition) is 5. The van der Waals surface area contributed by atoms with Crippen molar-refractivity contribution < 1.29 is 14.3 Å². The van der Waals surface area contributed by atoms with Gasteiger partial charge in [-0.1, -0.05) is 0 Å². The highest BCUT2D eigenvalue weighted by molar-refractivity contribution is 6.13. The number of ketones is 2. The average Bonchev–Trinajstić information content (AvgIpc) is 2.54. The van der Waals surface area contributed by atoms with Crippen LogP contribution in [0.3, 0.4) is 0 Å². The molecule has 0 unspecified atom stereocenters. The molecule has 0 saturated carbocycles. The summed E-state index contributed by atoms with van der Waals surface area (Å²) in [7, 11) is 1.52. The lowest BCUT2D eigenvalue weighted by atomic mass is 10.00. The van der Waals surface area contributed by atoms with Crippen molar-refractivity contribution in [3.63, 3.8) is 0 Å². The lowest BCUT2D eigenvalue weighted by Crippen LogP contribution is -2.17. The van der Waals surface area contributed by atoms with Crippen molar-refractivity contribution in [1.82, 2.24) is 4.98 Å². The summed E-state index contributed by atoms with van der Waals surface area (Å²) in [6, 6.07) is 9.37. The van der Waals surface area contributed by atoms with E-state index < -0.39 is 11.3 Å². The molecule has 0 atom stereocenters. The average molecular weight is 310 g/mol. The number of nitrogens with one attached hydrogen (secondary N) is 1. The van der Waals surface area contributed by atoms with E-state index in [0.717, 1.165) is 0 Å². The van der Waals surface area contributed by atoms with Gasteiger partial charge in [0, 0.05) is 16.8 Å². The first kappa shape index (κ1) is 16.2. The molecule has 1 heterocycles. The van der Waals surface area contributed by atoms with E-state index in [1.807, 2.05) is 0 Å². The van der Waals surface area contributed by atoms with Gasteiger partial charge in [-0.15, -0.1) is 0 Å². The highest BCUT2D eigenvalue weighted by Gasteiger charge is 2.17. The summed E-state index contributed by atoms with van der Waals surface area (Å²) >= 11 is 0. The van der Waals surface area contributed by atoms with Crippen LogP contribution in [0.4, 0.5) is 0 Å². The zero-order chi connectivity index (χ0) is 17.0. The minimum Gasteiger partial charge on any atom is -0.497 e. The normalized spacial score (nSPS) is 9.96. The maximum atomic E-state index is 12.3. The largest absolute Gasteiger partial charge is 0.497 e. The van der Waals surface area contributed by atoms with E-state index in [0.29, 0.717) is 17.0 Å². The number of rotatable bonds is 5. The quantitative estimate of drug-likeness (QED) is 0.672. The number of aromatic amines is 1. The summed E-state index contributed by atoms with van der Waals surface area (Å²) in [6.45, 7) is 1.55. The molecule has 0 spiro atoms. The van der Waals surface area contributed by atoms with Gasteiger partial charge in [-0.05, 0) is 37.3 Å². The number of carbonyl (C=O) groups excluding carboxylic acids is 2. The predicted octanol–water partition coefficient (Wildman–Crippen LogP) is 2.02. The number of nitriles is 1. The Balaban J connectivity index is 2.23. The fourth-order valence-electron chi connectivity index (χ4n) is 2.12. The van der Waals surface area contributed by atoms with E-state index in [1.165, 1.54) is 13.2 Å². The summed E-state index contributed by atoms with van der Waals surface area (Å²) in [4.78, 5) is 38.4. The number of Topliss-reactive ketones (excluding diaryl/α,β-unsaturated/α-hetero) is 2. The summed E-state index contributed by atoms with van der Waals surface area (Å²) in [5.41, 5.74) is 0.185. The molecule has 0 amide bonds. The maximum absolute atomic E-state index is 12.3. The standard InChI is InChI=1S/C17H14N2O4/c1-10-14(7-12(9-18)17(22)19-10)16(21)8-15(20)11-3-5-13(23-2)6-4-11/h3-7H,8H2,1-2H3,(H,19,22). The number of hydrogen-bond donors (Lipinski definition) is 1. The van der Waals surface area contributed by atoms with Crippen LogP contribution in [0.1, 0.15) is 38.4 Å². The van der Waals surface area contributed by atoms with Crippen LogP contribution in [0.25, 0.3) is 0 Å². The number of aromatic nitrogens is 1. The van der Waals surface area contributed by atoms with Gasteiger partial charge in [0.15, 0.2) is 11.6 Å². The Bertz CT molecular complexity index is 858. The second-order valence-electron chi connectivity index (χ2n) is 4.91. The van der Waals surface area contributed by atoms with Crippen molar-refractivity contribution in [3.05, 3.63) is 63.1 Å². The molecule has 0 bridgehead atoms. The van der Waals surface area contributed by atoms with E-state index >= 15 is 0 Å². The van der Waals surface area contributed by atoms with Crippen LogP contribution < -0.4 is 10.3 Å². The number of ether oxygens (including phenoxy) is 1. The summed E-state index contributed by atoms with van der Waals surface area (Å²) in [5.74, 6) is -0.180. The Hall–Kier alpha value is -3.20. The number of aryl methyl sites for hydroxylation is 1. The van der Waals surface area contributed by atoms with E-state index in [-0.39, 0.29) is 23.3 Å². The van der Waals surface area contributed by atoms with Crippen molar-refractivity contribution in [2.45, 2.75) is 13.3 Å². The molecule has 0 fully saturated rings. The molecule has 1 aromatic carbocycles. The van der Waals surface area contributed by atoms with Gasteiger partial charge in [-0.2, -0.15) is 5.26 Å². The highest BCUT2D eigenvalue weighted by atomic mass is 16.5. The number of nitrogens with zero attached hydrogens (tertiary/aromatic N) is 1. The van der Waals surface area contributed by atoms with Gasteiger partial charge in [0.2, 0.25) is 0 Å². The van der Waals surface area contributed by atoms with E-state index in [4.69, 9.17) is 10.00 Å². The fourth-order valence-corrected chi connectivity index (χ4v) is 2.12. The van der Waals surface area contributed by atoms with Crippen LogP contribution >= 0.6 is 0 Å². The first-order chi connectivity index (χ1) is 11.0. The Morgan fingerprint density at radius 2 is 1.87 bits per heavy atom. The van der Waals surface area contributed by atoms with Crippen LogP contribution in [0, 0.1) is 18.3 Å². The minimum atomic E-state index is -0.553. The van der Waals surface area contributed by atoms with Crippen molar-refractivity contribution in [2.24, 2.45) is 0 Å². The molecule has 2 rings (SSSR count). The summed E-state index contributed by atoms with van der Waals surface area (Å²) in [6.07, 6.45) is -0.343. The third-order valence-corrected chi connectivity index (χ3v) is 3.39. The Labute approximate surface area is 132 Å². The number of carbonyl (C=O) groups is 2. The lowest BCUT2D eigenvalue weighted by molar-refractivity contribution is 0.0893. The molecule has 0 aliphatic heterocycles. The van der Waals surface area contributed by atoms with Gasteiger partial charge in [0.1, 0.15) is 17.4 Å². The zero-order valence-corrected chi connectivity index (χ0v) is 12.7. The van der Waals surface area contributed by atoms with Crippen LogP contribution in [0.5, 0.6) is 5.75 Å². The highest BCUT2D eigenvalue weighted by Crippen LogP contribution is 2.15. The van der Waals surface area contributed by atoms with Crippen molar-refractivity contribution >= 4 is 11.6 Å². The number of pyridine rings is 1. The summed E-state index contributed by atoms with van der Waals surface area (Å²) in [5, 5.41) is 8.86. The number of benzene rings is 1.